The van der Waals surface area contributed by atoms with Gasteiger partial charge in [-0.15, -0.1) is 0 Å². The maximum absolute atomic E-state index is 10.7. The summed E-state index contributed by atoms with van der Waals surface area (Å²) in [6.45, 7) is 3.53. The minimum absolute atomic E-state index is 0.678. The van der Waals surface area contributed by atoms with Crippen LogP contribution in [0.5, 0.6) is 0 Å². The van der Waals surface area contributed by atoms with Crippen molar-refractivity contribution in [1.29, 1.82) is 0 Å². The van der Waals surface area contributed by atoms with Crippen LogP contribution in [0.25, 0.3) is 0 Å². The first kappa shape index (κ1) is 18.6. The van der Waals surface area contributed by atoms with Gasteiger partial charge < -0.3 is 10.0 Å². The molecule has 0 bridgehead atoms. The Balaban J connectivity index is 1.49. The highest BCUT2D eigenvalue weighted by atomic mass is 16.3. The SMILES string of the molecule is CN(C)c1ccc(CN2CCCn3nc(C(O)c4ccnn4C)cc3C2)cn1. The van der Waals surface area contributed by atoms with Gasteiger partial charge in [0.25, 0.3) is 0 Å². The molecule has 4 heterocycles. The molecule has 3 aromatic rings. The van der Waals surface area contributed by atoms with Crippen molar-refractivity contribution in [2.75, 3.05) is 25.5 Å². The second kappa shape index (κ2) is 7.73. The van der Waals surface area contributed by atoms with E-state index in [0.717, 1.165) is 49.8 Å². The summed E-state index contributed by atoms with van der Waals surface area (Å²) in [6, 6.07) is 8.04. The van der Waals surface area contributed by atoms with Crippen molar-refractivity contribution in [3.05, 3.63) is 59.3 Å². The first-order chi connectivity index (χ1) is 13.5. The zero-order valence-electron chi connectivity index (χ0n) is 16.7. The molecule has 4 rings (SSSR count). The average Bonchev–Trinajstić information content (AvgIpc) is 3.23. The van der Waals surface area contributed by atoms with Crippen molar-refractivity contribution in [1.82, 2.24) is 29.4 Å². The summed E-state index contributed by atoms with van der Waals surface area (Å²) in [5.74, 6) is 0.964. The highest BCUT2D eigenvalue weighted by molar-refractivity contribution is 5.37. The molecular weight excluding hydrogens is 354 g/mol. The molecule has 0 saturated carbocycles. The quantitative estimate of drug-likeness (QED) is 0.723. The summed E-state index contributed by atoms with van der Waals surface area (Å²) in [4.78, 5) is 8.93. The third-order valence-electron chi connectivity index (χ3n) is 5.20. The van der Waals surface area contributed by atoms with E-state index < -0.39 is 6.10 Å². The number of anilines is 1. The molecule has 8 heteroatoms. The van der Waals surface area contributed by atoms with Gasteiger partial charge in [0.15, 0.2) is 0 Å². The molecule has 0 saturated heterocycles. The summed E-state index contributed by atoms with van der Waals surface area (Å²) >= 11 is 0. The fraction of sp³-hybridized carbons (Fsp3) is 0.450. The van der Waals surface area contributed by atoms with Gasteiger partial charge in [-0.05, 0) is 30.2 Å². The molecule has 1 atom stereocenters. The summed E-state index contributed by atoms with van der Waals surface area (Å²) in [5.41, 5.74) is 3.76. The minimum Gasteiger partial charge on any atom is -0.380 e. The number of aliphatic hydroxyl groups is 1. The van der Waals surface area contributed by atoms with Crippen molar-refractivity contribution in [3.8, 4) is 0 Å². The predicted molar refractivity (Wildman–Crippen MR) is 107 cm³/mol. The summed E-state index contributed by atoms with van der Waals surface area (Å²) in [5, 5.41) is 19.5. The molecule has 0 aromatic carbocycles. The van der Waals surface area contributed by atoms with Crippen LogP contribution in [0.2, 0.25) is 0 Å². The molecule has 148 valence electrons. The number of rotatable bonds is 5. The Bertz CT molecular complexity index is 928. The van der Waals surface area contributed by atoms with Gasteiger partial charge >= 0.3 is 0 Å². The fourth-order valence-corrected chi connectivity index (χ4v) is 3.66. The molecule has 8 nitrogen and oxygen atoms in total. The Kier molecular flexibility index (Phi) is 5.15. The lowest BCUT2D eigenvalue weighted by Gasteiger charge is -2.20. The van der Waals surface area contributed by atoms with E-state index in [2.05, 4.69) is 32.2 Å². The van der Waals surface area contributed by atoms with Gasteiger partial charge in [0.2, 0.25) is 0 Å². The second-order valence-corrected chi connectivity index (χ2v) is 7.55. The molecule has 1 aliphatic heterocycles. The van der Waals surface area contributed by atoms with E-state index in [1.54, 1.807) is 10.9 Å². The minimum atomic E-state index is -0.761. The van der Waals surface area contributed by atoms with Gasteiger partial charge in [-0.2, -0.15) is 10.2 Å². The molecule has 1 aliphatic rings. The Morgan fingerprint density at radius 3 is 2.75 bits per heavy atom. The van der Waals surface area contributed by atoms with Gasteiger partial charge in [-0.25, -0.2) is 4.98 Å². The number of hydrogen-bond acceptors (Lipinski definition) is 6. The maximum Gasteiger partial charge on any atom is 0.139 e. The topological polar surface area (TPSA) is 75.2 Å². The van der Waals surface area contributed by atoms with Crippen LogP contribution < -0.4 is 4.90 Å². The van der Waals surface area contributed by atoms with E-state index >= 15 is 0 Å². The van der Waals surface area contributed by atoms with E-state index in [1.165, 1.54) is 5.56 Å². The summed E-state index contributed by atoms with van der Waals surface area (Å²) < 4.78 is 3.72. The zero-order valence-corrected chi connectivity index (χ0v) is 16.7. The van der Waals surface area contributed by atoms with E-state index in [0.29, 0.717) is 5.69 Å². The third-order valence-corrected chi connectivity index (χ3v) is 5.20. The van der Waals surface area contributed by atoms with Crippen LogP contribution in [0, 0.1) is 0 Å². The highest BCUT2D eigenvalue weighted by Crippen LogP contribution is 2.23. The standard InChI is InChI=1S/C20H27N7O/c1-24(2)19-6-5-15(12-21-19)13-26-9-4-10-27-16(14-26)11-17(23-27)20(28)18-7-8-22-25(18)3/h5-8,11-12,20,28H,4,9-10,13-14H2,1-3H3. The summed E-state index contributed by atoms with van der Waals surface area (Å²) in [7, 11) is 5.82. The van der Waals surface area contributed by atoms with Gasteiger partial charge in [0, 0.05) is 59.7 Å². The number of aryl methyl sites for hydroxylation is 2. The van der Waals surface area contributed by atoms with Gasteiger partial charge in [0.05, 0.1) is 17.1 Å². The zero-order chi connectivity index (χ0) is 19.7. The molecule has 1 unspecified atom stereocenters. The van der Waals surface area contributed by atoms with E-state index in [4.69, 9.17) is 0 Å². The molecule has 0 spiro atoms. The number of fused-ring (bicyclic) bond motifs is 1. The van der Waals surface area contributed by atoms with Crippen LogP contribution in [-0.4, -0.2) is 55.2 Å². The van der Waals surface area contributed by atoms with E-state index in [-0.39, 0.29) is 0 Å². The smallest absolute Gasteiger partial charge is 0.139 e. The lowest BCUT2D eigenvalue weighted by atomic mass is 10.1. The number of hydrogen-bond donors (Lipinski definition) is 1. The lowest BCUT2D eigenvalue weighted by Crippen LogP contribution is -2.23. The van der Waals surface area contributed by atoms with Crippen molar-refractivity contribution in [2.45, 2.75) is 32.2 Å². The van der Waals surface area contributed by atoms with Crippen molar-refractivity contribution >= 4 is 5.82 Å². The van der Waals surface area contributed by atoms with Crippen LogP contribution in [-0.2, 0) is 26.7 Å². The monoisotopic (exact) mass is 381 g/mol. The molecule has 1 N–H and O–H groups in total. The molecule has 0 amide bonds. The lowest BCUT2D eigenvalue weighted by molar-refractivity contribution is 0.203. The molecule has 0 aliphatic carbocycles. The first-order valence-corrected chi connectivity index (χ1v) is 9.58. The van der Waals surface area contributed by atoms with E-state index in [9.17, 15) is 5.11 Å². The van der Waals surface area contributed by atoms with E-state index in [1.807, 2.05) is 49.1 Å². The van der Waals surface area contributed by atoms with Gasteiger partial charge in [-0.1, -0.05) is 6.07 Å². The predicted octanol–water partition coefficient (Wildman–Crippen LogP) is 1.57. The fourth-order valence-electron chi connectivity index (χ4n) is 3.66. The Morgan fingerprint density at radius 1 is 1.21 bits per heavy atom. The number of aliphatic hydroxyl groups excluding tert-OH is 1. The van der Waals surface area contributed by atoms with Crippen LogP contribution in [0.15, 0.2) is 36.7 Å². The number of nitrogens with zero attached hydrogens (tertiary/aromatic N) is 7. The molecule has 3 aromatic heterocycles. The molecule has 0 radical (unpaired) electrons. The molecular formula is C20H27N7O. The van der Waals surface area contributed by atoms with Crippen molar-refractivity contribution < 1.29 is 5.11 Å². The first-order valence-electron chi connectivity index (χ1n) is 9.58. The largest absolute Gasteiger partial charge is 0.380 e. The van der Waals surface area contributed by atoms with Gasteiger partial charge in [-0.3, -0.25) is 14.3 Å². The second-order valence-electron chi connectivity index (χ2n) is 7.55. The van der Waals surface area contributed by atoms with Crippen molar-refractivity contribution in [2.24, 2.45) is 7.05 Å². The third kappa shape index (κ3) is 3.79. The highest BCUT2D eigenvalue weighted by Gasteiger charge is 2.22. The average molecular weight is 381 g/mol. The van der Waals surface area contributed by atoms with Crippen LogP contribution in [0.3, 0.4) is 0 Å². The Hall–Kier alpha value is -2.71. The number of aromatic nitrogens is 5. The number of pyridine rings is 1. The normalized spacial score (nSPS) is 15.9. The Morgan fingerprint density at radius 2 is 2.07 bits per heavy atom. The molecule has 28 heavy (non-hydrogen) atoms. The molecule has 0 fully saturated rings. The van der Waals surface area contributed by atoms with Crippen LogP contribution in [0.1, 0.15) is 35.2 Å². The Labute approximate surface area is 165 Å². The van der Waals surface area contributed by atoms with Crippen LogP contribution >= 0.6 is 0 Å². The van der Waals surface area contributed by atoms with Crippen molar-refractivity contribution in [3.63, 3.8) is 0 Å². The maximum atomic E-state index is 10.7. The van der Waals surface area contributed by atoms with Crippen LogP contribution in [0.4, 0.5) is 5.82 Å². The summed E-state index contributed by atoms with van der Waals surface area (Å²) in [6.07, 6.45) is 3.91. The van der Waals surface area contributed by atoms with Gasteiger partial charge in [0.1, 0.15) is 11.9 Å².